The first-order chi connectivity index (χ1) is 11.0. The van der Waals surface area contributed by atoms with Gasteiger partial charge in [-0.3, -0.25) is 15.0 Å². The molecule has 0 bridgehead atoms. The summed E-state index contributed by atoms with van der Waals surface area (Å²) in [5, 5.41) is 0. The van der Waals surface area contributed by atoms with Crippen molar-refractivity contribution in [2.75, 3.05) is 0 Å². The van der Waals surface area contributed by atoms with Crippen molar-refractivity contribution in [1.82, 2.24) is 9.97 Å². The minimum atomic E-state index is -0.0915. The van der Waals surface area contributed by atoms with Gasteiger partial charge in [0.2, 0.25) is 0 Å². The van der Waals surface area contributed by atoms with Crippen LogP contribution in [-0.4, -0.2) is 21.2 Å². The van der Waals surface area contributed by atoms with Crippen LogP contribution < -0.4 is 0 Å². The zero-order valence-corrected chi connectivity index (χ0v) is 13.7. The van der Waals surface area contributed by atoms with Crippen molar-refractivity contribution >= 4 is 16.7 Å². The van der Waals surface area contributed by atoms with Crippen molar-refractivity contribution in [3.05, 3.63) is 71.0 Å². The molecule has 0 unspecified atom stereocenters. The molecule has 4 rings (SSSR count). The van der Waals surface area contributed by atoms with Crippen LogP contribution in [0, 0.1) is 6.92 Å². The van der Waals surface area contributed by atoms with Gasteiger partial charge in [0.05, 0.1) is 22.3 Å². The van der Waals surface area contributed by atoms with E-state index in [4.69, 9.17) is 4.99 Å². The second kappa shape index (κ2) is 4.98. The van der Waals surface area contributed by atoms with Crippen LogP contribution in [0.4, 0.5) is 0 Å². The quantitative estimate of drug-likeness (QED) is 0.678. The fraction of sp³-hybridized carbons (Fsp3) is 0.250. The van der Waals surface area contributed by atoms with Crippen LogP contribution in [0.5, 0.6) is 0 Å². The summed E-state index contributed by atoms with van der Waals surface area (Å²) in [6.45, 7) is 6.58. The van der Waals surface area contributed by atoms with Crippen LogP contribution in [0.15, 0.2) is 53.8 Å². The summed E-state index contributed by atoms with van der Waals surface area (Å²) in [7, 11) is 0. The molecule has 1 aliphatic rings. The smallest absolute Gasteiger partial charge is 0.0893 e. The van der Waals surface area contributed by atoms with E-state index in [2.05, 4.69) is 61.1 Å². The van der Waals surface area contributed by atoms with Gasteiger partial charge < -0.3 is 0 Å². The third-order valence-corrected chi connectivity index (χ3v) is 4.43. The predicted octanol–water partition coefficient (Wildman–Crippen LogP) is 4.11. The average molecular weight is 301 g/mol. The standard InChI is InChI=1S/C20H19N3/c1-13-5-4-6-15-16(13)12-20(2,3)23-19(15)14-7-8-17-18(11-14)22-10-9-21-17/h4-11H,12H2,1-3H3. The van der Waals surface area contributed by atoms with E-state index in [0.717, 1.165) is 28.7 Å². The molecule has 2 aromatic carbocycles. The number of hydrogen-bond donors (Lipinski definition) is 0. The van der Waals surface area contributed by atoms with E-state index >= 15 is 0 Å². The first kappa shape index (κ1) is 14.1. The van der Waals surface area contributed by atoms with E-state index < -0.39 is 0 Å². The van der Waals surface area contributed by atoms with E-state index in [1.54, 1.807) is 12.4 Å². The van der Waals surface area contributed by atoms with Crippen LogP contribution in [-0.2, 0) is 6.42 Å². The molecule has 23 heavy (non-hydrogen) atoms. The maximum absolute atomic E-state index is 5.04. The number of nitrogens with zero attached hydrogens (tertiary/aromatic N) is 3. The number of rotatable bonds is 1. The van der Waals surface area contributed by atoms with Crippen molar-refractivity contribution < 1.29 is 0 Å². The molecule has 114 valence electrons. The number of aliphatic imine (C=N–C) groups is 1. The maximum atomic E-state index is 5.04. The summed E-state index contributed by atoms with van der Waals surface area (Å²) < 4.78 is 0. The molecular formula is C20H19N3. The third-order valence-electron chi connectivity index (χ3n) is 4.43. The maximum Gasteiger partial charge on any atom is 0.0893 e. The lowest BCUT2D eigenvalue weighted by atomic mass is 9.83. The lowest BCUT2D eigenvalue weighted by Crippen LogP contribution is -2.30. The monoisotopic (exact) mass is 301 g/mol. The summed E-state index contributed by atoms with van der Waals surface area (Å²) in [6.07, 6.45) is 4.44. The van der Waals surface area contributed by atoms with Crippen LogP contribution in [0.3, 0.4) is 0 Å². The average Bonchev–Trinajstić information content (AvgIpc) is 2.54. The minimum Gasteiger partial charge on any atom is -0.278 e. The molecule has 0 aliphatic carbocycles. The Morgan fingerprint density at radius 2 is 1.74 bits per heavy atom. The summed E-state index contributed by atoms with van der Waals surface area (Å²) in [4.78, 5) is 13.8. The zero-order valence-electron chi connectivity index (χ0n) is 13.7. The van der Waals surface area contributed by atoms with Gasteiger partial charge in [0.1, 0.15) is 0 Å². The molecule has 3 nitrogen and oxygen atoms in total. The van der Waals surface area contributed by atoms with Crippen molar-refractivity contribution in [3.63, 3.8) is 0 Å². The van der Waals surface area contributed by atoms with Gasteiger partial charge in [-0.1, -0.05) is 24.3 Å². The summed E-state index contributed by atoms with van der Waals surface area (Å²) >= 11 is 0. The molecule has 3 heteroatoms. The molecule has 2 heterocycles. The third kappa shape index (κ3) is 2.42. The van der Waals surface area contributed by atoms with E-state index in [1.165, 1.54) is 16.7 Å². The largest absolute Gasteiger partial charge is 0.278 e. The molecule has 0 spiro atoms. The van der Waals surface area contributed by atoms with Gasteiger partial charge in [-0.15, -0.1) is 0 Å². The molecule has 0 N–H and O–H groups in total. The lowest BCUT2D eigenvalue weighted by molar-refractivity contribution is 0.512. The molecule has 3 aromatic rings. The molecular weight excluding hydrogens is 282 g/mol. The van der Waals surface area contributed by atoms with Gasteiger partial charge in [0.25, 0.3) is 0 Å². The highest BCUT2D eigenvalue weighted by molar-refractivity contribution is 6.15. The highest BCUT2D eigenvalue weighted by Crippen LogP contribution is 2.31. The van der Waals surface area contributed by atoms with E-state index in [9.17, 15) is 0 Å². The first-order valence-electron chi connectivity index (χ1n) is 7.93. The van der Waals surface area contributed by atoms with E-state index in [1.807, 2.05) is 6.07 Å². The molecule has 1 aromatic heterocycles. The number of hydrogen-bond acceptors (Lipinski definition) is 3. The normalized spacial score (nSPS) is 16.0. The molecule has 1 aliphatic heterocycles. The zero-order chi connectivity index (χ0) is 16.0. The molecule has 0 atom stereocenters. The first-order valence-corrected chi connectivity index (χ1v) is 7.93. The van der Waals surface area contributed by atoms with Gasteiger partial charge in [-0.05, 0) is 50.5 Å². The van der Waals surface area contributed by atoms with Gasteiger partial charge in [0.15, 0.2) is 0 Å². The summed E-state index contributed by atoms with van der Waals surface area (Å²) in [5.74, 6) is 0. The predicted molar refractivity (Wildman–Crippen MR) is 94.1 cm³/mol. The van der Waals surface area contributed by atoms with Crippen LogP contribution in [0.1, 0.15) is 36.1 Å². The Bertz CT molecular complexity index is 939. The molecule has 0 saturated carbocycles. The Hall–Kier alpha value is -2.55. The van der Waals surface area contributed by atoms with Gasteiger partial charge >= 0.3 is 0 Å². The second-order valence-electron chi connectivity index (χ2n) is 6.81. The highest BCUT2D eigenvalue weighted by atomic mass is 14.9. The van der Waals surface area contributed by atoms with Gasteiger partial charge in [0, 0.05) is 23.5 Å². The fourth-order valence-corrected chi connectivity index (χ4v) is 3.32. The lowest BCUT2D eigenvalue weighted by Gasteiger charge is -2.30. The Balaban J connectivity index is 1.95. The Morgan fingerprint density at radius 1 is 0.957 bits per heavy atom. The van der Waals surface area contributed by atoms with Crippen molar-refractivity contribution in [3.8, 4) is 0 Å². The summed E-state index contributed by atoms with van der Waals surface area (Å²) in [5.41, 5.74) is 7.89. The molecule has 0 fully saturated rings. The van der Waals surface area contributed by atoms with Crippen molar-refractivity contribution in [2.24, 2.45) is 4.99 Å². The molecule has 0 saturated heterocycles. The van der Waals surface area contributed by atoms with Crippen LogP contribution >= 0.6 is 0 Å². The Morgan fingerprint density at radius 3 is 2.57 bits per heavy atom. The van der Waals surface area contributed by atoms with Crippen LogP contribution in [0.2, 0.25) is 0 Å². The van der Waals surface area contributed by atoms with Gasteiger partial charge in [-0.2, -0.15) is 0 Å². The number of fused-ring (bicyclic) bond motifs is 2. The van der Waals surface area contributed by atoms with E-state index in [-0.39, 0.29) is 5.54 Å². The van der Waals surface area contributed by atoms with Crippen molar-refractivity contribution in [1.29, 1.82) is 0 Å². The number of benzene rings is 2. The van der Waals surface area contributed by atoms with Crippen molar-refractivity contribution in [2.45, 2.75) is 32.7 Å². The van der Waals surface area contributed by atoms with Crippen LogP contribution in [0.25, 0.3) is 11.0 Å². The minimum absolute atomic E-state index is 0.0915. The number of aryl methyl sites for hydroxylation is 1. The number of aromatic nitrogens is 2. The topological polar surface area (TPSA) is 38.1 Å². The molecule has 0 radical (unpaired) electrons. The highest BCUT2D eigenvalue weighted by Gasteiger charge is 2.28. The fourth-order valence-electron chi connectivity index (χ4n) is 3.32. The van der Waals surface area contributed by atoms with E-state index in [0.29, 0.717) is 0 Å². The second-order valence-corrected chi connectivity index (χ2v) is 6.81. The SMILES string of the molecule is Cc1cccc2c1CC(C)(C)N=C2c1ccc2nccnc2c1. The Kier molecular flexibility index (Phi) is 3.05. The molecule has 0 amide bonds. The Labute approximate surface area is 136 Å². The summed E-state index contributed by atoms with van der Waals surface area (Å²) in [6, 6.07) is 12.7. The van der Waals surface area contributed by atoms with Gasteiger partial charge in [-0.25, -0.2) is 0 Å².